The Balaban J connectivity index is 1.67. The number of nitrogens with one attached hydrogen (secondary N) is 2. The van der Waals surface area contributed by atoms with E-state index in [0.29, 0.717) is 25.0 Å². The Labute approximate surface area is 109 Å². The van der Waals surface area contributed by atoms with Crippen molar-refractivity contribution < 1.29 is 8.42 Å². The van der Waals surface area contributed by atoms with E-state index in [2.05, 4.69) is 15.6 Å². The van der Waals surface area contributed by atoms with Gasteiger partial charge in [0, 0.05) is 38.6 Å². The molecule has 0 aromatic carbocycles. The average Bonchev–Trinajstić information content (AvgIpc) is 3.09. The third kappa shape index (κ3) is 3.35. The van der Waals surface area contributed by atoms with Gasteiger partial charge in [0.1, 0.15) is 0 Å². The predicted molar refractivity (Wildman–Crippen MR) is 72.0 cm³/mol. The zero-order valence-electron chi connectivity index (χ0n) is 11.0. The second-order valence-electron chi connectivity index (χ2n) is 4.96. The molecule has 0 bridgehead atoms. The van der Waals surface area contributed by atoms with Gasteiger partial charge in [0.15, 0.2) is 5.96 Å². The zero-order valence-corrected chi connectivity index (χ0v) is 11.8. The van der Waals surface area contributed by atoms with E-state index in [1.807, 2.05) is 0 Å². The lowest BCUT2D eigenvalue weighted by molar-refractivity contribution is 0.202. The van der Waals surface area contributed by atoms with Crippen LogP contribution in [0.5, 0.6) is 0 Å². The van der Waals surface area contributed by atoms with E-state index in [1.54, 1.807) is 18.3 Å². The van der Waals surface area contributed by atoms with Gasteiger partial charge in [-0.1, -0.05) is 0 Å². The summed E-state index contributed by atoms with van der Waals surface area (Å²) in [6, 6.07) is 0.578. The molecule has 2 N–H and O–H groups in total. The van der Waals surface area contributed by atoms with Gasteiger partial charge in [-0.25, -0.2) is 12.7 Å². The molecule has 0 atom stereocenters. The summed E-state index contributed by atoms with van der Waals surface area (Å²) in [5.41, 5.74) is 0. The summed E-state index contributed by atoms with van der Waals surface area (Å²) in [7, 11) is -1.23. The third-order valence-corrected chi connectivity index (χ3v) is 5.20. The summed E-state index contributed by atoms with van der Waals surface area (Å²) in [6.45, 7) is 3.72. The van der Waals surface area contributed by atoms with Gasteiger partial charge >= 0.3 is 0 Å². The first-order valence-electron chi connectivity index (χ1n) is 6.50. The monoisotopic (exact) mass is 274 g/mol. The maximum Gasteiger partial charge on any atom is 0.213 e. The molecule has 0 radical (unpaired) electrons. The fourth-order valence-electron chi connectivity index (χ4n) is 1.92. The highest BCUT2D eigenvalue weighted by molar-refractivity contribution is 7.89. The fourth-order valence-corrected chi connectivity index (χ4v) is 3.16. The van der Waals surface area contributed by atoms with Crippen molar-refractivity contribution in [3.05, 3.63) is 0 Å². The number of guanidine groups is 1. The first-order chi connectivity index (χ1) is 8.55. The minimum atomic E-state index is -2.99. The molecule has 0 aromatic rings. The second kappa shape index (κ2) is 5.44. The normalized spacial score (nSPS) is 22.7. The Hall–Kier alpha value is -0.820. The molecule has 0 unspecified atom stereocenters. The molecule has 1 aliphatic carbocycles. The molecular weight excluding hydrogens is 252 g/mol. The van der Waals surface area contributed by atoms with Crippen molar-refractivity contribution in [2.24, 2.45) is 10.9 Å². The fraction of sp³-hybridized carbons (Fsp3) is 0.909. The van der Waals surface area contributed by atoms with Crippen molar-refractivity contribution in [1.82, 2.24) is 14.9 Å². The van der Waals surface area contributed by atoms with Crippen LogP contribution in [0.25, 0.3) is 0 Å². The highest BCUT2D eigenvalue weighted by Crippen LogP contribution is 2.20. The lowest BCUT2D eigenvalue weighted by Crippen LogP contribution is -2.55. The van der Waals surface area contributed by atoms with Gasteiger partial charge in [0.2, 0.25) is 10.0 Å². The van der Waals surface area contributed by atoms with Gasteiger partial charge in [0.25, 0.3) is 0 Å². The number of sulfonamides is 1. The third-order valence-electron chi connectivity index (χ3n) is 3.38. The van der Waals surface area contributed by atoms with E-state index in [1.165, 1.54) is 12.8 Å². The van der Waals surface area contributed by atoms with Crippen molar-refractivity contribution in [2.45, 2.75) is 25.8 Å². The van der Waals surface area contributed by atoms with Crippen molar-refractivity contribution in [2.75, 3.05) is 32.4 Å². The number of aliphatic imine (C=N–C) groups is 1. The molecule has 1 heterocycles. The SMILES string of the molecule is CCS(=O)(=O)N1CC(CNC(=NC)NC2CC2)C1. The number of rotatable bonds is 5. The number of hydrogen-bond acceptors (Lipinski definition) is 3. The van der Waals surface area contributed by atoms with Crippen LogP contribution in [0.2, 0.25) is 0 Å². The lowest BCUT2D eigenvalue weighted by Gasteiger charge is -2.38. The van der Waals surface area contributed by atoms with E-state index < -0.39 is 10.0 Å². The summed E-state index contributed by atoms with van der Waals surface area (Å²) >= 11 is 0. The van der Waals surface area contributed by atoms with Gasteiger partial charge in [0.05, 0.1) is 5.75 Å². The Morgan fingerprint density at radius 2 is 2.06 bits per heavy atom. The van der Waals surface area contributed by atoms with E-state index >= 15 is 0 Å². The van der Waals surface area contributed by atoms with Crippen LogP contribution in [0, 0.1) is 5.92 Å². The molecule has 104 valence electrons. The molecule has 1 saturated carbocycles. The zero-order chi connectivity index (χ0) is 13.2. The molecule has 7 heteroatoms. The standard InChI is InChI=1S/C11H22N4O2S/c1-3-18(16,17)15-7-9(8-15)6-13-11(12-2)14-10-4-5-10/h9-10H,3-8H2,1-2H3,(H2,12,13,14). The summed E-state index contributed by atoms with van der Waals surface area (Å²) in [5, 5.41) is 6.55. The van der Waals surface area contributed by atoms with Crippen LogP contribution in [0.3, 0.4) is 0 Å². The maximum absolute atomic E-state index is 11.5. The molecule has 2 fully saturated rings. The molecule has 0 amide bonds. The quantitative estimate of drug-likeness (QED) is 0.528. The van der Waals surface area contributed by atoms with E-state index in [9.17, 15) is 8.42 Å². The van der Waals surface area contributed by atoms with Crippen LogP contribution >= 0.6 is 0 Å². The van der Waals surface area contributed by atoms with E-state index in [-0.39, 0.29) is 5.75 Å². The van der Waals surface area contributed by atoms with Gasteiger partial charge in [-0.05, 0) is 19.8 Å². The summed E-state index contributed by atoms with van der Waals surface area (Å²) in [4.78, 5) is 4.15. The Kier molecular flexibility index (Phi) is 4.11. The van der Waals surface area contributed by atoms with Gasteiger partial charge in [-0.3, -0.25) is 4.99 Å². The molecule has 1 saturated heterocycles. The molecule has 18 heavy (non-hydrogen) atoms. The summed E-state index contributed by atoms with van der Waals surface area (Å²) < 4.78 is 24.6. The Morgan fingerprint density at radius 3 is 2.56 bits per heavy atom. The van der Waals surface area contributed by atoms with Crippen LogP contribution in [-0.2, 0) is 10.0 Å². The lowest BCUT2D eigenvalue weighted by atomic mass is 10.0. The highest BCUT2D eigenvalue weighted by Gasteiger charge is 2.34. The van der Waals surface area contributed by atoms with Gasteiger partial charge < -0.3 is 10.6 Å². The van der Waals surface area contributed by atoms with Crippen LogP contribution < -0.4 is 10.6 Å². The summed E-state index contributed by atoms with van der Waals surface area (Å²) in [5.74, 6) is 1.41. The maximum atomic E-state index is 11.5. The van der Waals surface area contributed by atoms with Crippen molar-refractivity contribution >= 4 is 16.0 Å². The average molecular weight is 274 g/mol. The molecule has 6 nitrogen and oxygen atoms in total. The Morgan fingerprint density at radius 1 is 1.39 bits per heavy atom. The highest BCUT2D eigenvalue weighted by atomic mass is 32.2. The molecular formula is C11H22N4O2S. The van der Waals surface area contributed by atoms with E-state index in [0.717, 1.165) is 12.5 Å². The van der Waals surface area contributed by atoms with Crippen molar-refractivity contribution in [3.8, 4) is 0 Å². The first-order valence-corrected chi connectivity index (χ1v) is 8.11. The molecule has 1 aliphatic heterocycles. The second-order valence-corrected chi connectivity index (χ2v) is 7.21. The van der Waals surface area contributed by atoms with Gasteiger partial charge in [-0.15, -0.1) is 0 Å². The Bertz CT molecular complexity index is 411. The van der Waals surface area contributed by atoms with E-state index in [4.69, 9.17) is 0 Å². The number of nitrogens with zero attached hydrogens (tertiary/aromatic N) is 2. The largest absolute Gasteiger partial charge is 0.356 e. The van der Waals surface area contributed by atoms with Crippen LogP contribution in [0.15, 0.2) is 4.99 Å². The topological polar surface area (TPSA) is 73.8 Å². The minimum Gasteiger partial charge on any atom is -0.356 e. The smallest absolute Gasteiger partial charge is 0.213 e. The number of hydrogen-bond donors (Lipinski definition) is 2. The van der Waals surface area contributed by atoms with Crippen LogP contribution in [0.1, 0.15) is 19.8 Å². The minimum absolute atomic E-state index is 0.193. The first kappa shape index (κ1) is 13.6. The molecule has 0 spiro atoms. The predicted octanol–water partition coefficient (Wildman–Crippen LogP) is -0.405. The van der Waals surface area contributed by atoms with Crippen molar-refractivity contribution in [1.29, 1.82) is 0 Å². The molecule has 2 rings (SSSR count). The van der Waals surface area contributed by atoms with Crippen molar-refractivity contribution in [3.63, 3.8) is 0 Å². The van der Waals surface area contributed by atoms with Gasteiger partial charge in [-0.2, -0.15) is 0 Å². The molecule has 2 aliphatic rings. The van der Waals surface area contributed by atoms with Crippen LogP contribution in [-0.4, -0.2) is 57.2 Å². The summed E-state index contributed by atoms with van der Waals surface area (Å²) in [6.07, 6.45) is 2.43. The van der Waals surface area contributed by atoms with Crippen LogP contribution in [0.4, 0.5) is 0 Å². The molecule has 0 aromatic heterocycles.